The van der Waals surface area contributed by atoms with E-state index in [0.717, 1.165) is 0 Å². The van der Waals surface area contributed by atoms with Crippen LogP contribution < -0.4 is 0 Å². The SMILES string of the molecule is CC(F)c1nnsc1C(=O)O. The Bertz CT molecular complexity index is 273. The molecule has 0 saturated heterocycles. The number of carbonyl (C=O) groups is 1. The lowest BCUT2D eigenvalue weighted by molar-refractivity contribution is 0.0698. The normalized spacial score (nSPS) is 12.9. The minimum absolute atomic E-state index is 0.0949. The molecule has 0 fully saturated rings. The average molecular weight is 176 g/mol. The number of rotatable bonds is 2. The zero-order valence-electron chi connectivity index (χ0n) is 5.61. The van der Waals surface area contributed by atoms with Crippen LogP contribution in [0.4, 0.5) is 4.39 Å². The van der Waals surface area contributed by atoms with E-state index < -0.39 is 12.1 Å². The molecule has 0 aliphatic carbocycles. The molecule has 0 saturated carbocycles. The van der Waals surface area contributed by atoms with Crippen molar-refractivity contribution in [2.45, 2.75) is 13.1 Å². The predicted octanol–water partition coefficient (Wildman–Crippen LogP) is 1.27. The Morgan fingerprint density at radius 1 is 1.82 bits per heavy atom. The molecule has 0 radical (unpaired) electrons. The van der Waals surface area contributed by atoms with E-state index in [9.17, 15) is 9.18 Å². The van der Waals surface area contributed by atoms with E-state index in [0.29, 0.717) is 11.5 Å². The Balaban J connectivity index is 3.06. The molecule has 1 heterocycles. The predicted molar refractivity (Wildman–Crippen MR) is 36.4 cm³/mol. The highest BCUT2D eigenvalue weighted by molar-refractivity contribution is 7.07. The van der Waals surface area contributed by atoms with E-state index in [2.05, 4.69) is 9.59 Å². The maximum atomic E-state index is 12.5. The van der Waals surface area contributed by atoms with Crippen molar-refractivity contribution in [1.82, 2.24) is 9.59 Å². The first-order chi connectivity index (χ1) is 5.13. The highest BCUT2D eigenvalue weighted by Gasteiger charge is 2.19. The van der Waals surface area contributed by atoms with E-state index in [1.165, 1.54) is 6.92 Å². The van der Waals surface area contributed by atoms with Crippen LogP contribution in [-0.4, -0.2) is 20.7 Å². The van der Waals surface area contributed by atoms with Gasteiger partial charge in [0, 0.05) is 0 Å². The first-order valence-corrected chi connectivity index (χ1v) is 3.60. The smallest absolute Gasteiger partial charge is 0.349 e. The molecule has 4 nitrogen and oxygen atoms in total. The highest BCUT2D eigenvalue weighted by Crippen LogP contribution is 2.20. The summed E-state index contributed by atoms with van der Waals surface area (Å²) < 4.78 is 15.9. The van der Waals surface area contributed by atoms with Crippen LogP contribution in [0.25, 0.3) is 0 Å². The molecule has 0 bridgehead atoms. The van der Waals surface area contributed by atoms with Crippen LogP contribution in [0, 0.1) is 0 Å². The molecule has 1 N–H and O–H groups in total. The van der Waals surface area contributed by atoms with E-state index in [-0.39, 0.29) is 10.6 Å². The zero-order chi connectivity index (χ0) is 8.43. The Kier molecular flexibility index (Phi) is 2.13. The molecule has 1 unspecified atom stereocenters. The first kappa shape index (κ1) is 8.06. The van der Waals surface area contributed by atoms with E-state index in [1.54, 1.807) is 0 Å². The van der Waals surface area contributed by atoms with Crippen LogP contribution in [0.3, 0.4) is 0 Å². The molecule has 11 heavy (non-hydrogen) atoms. The van der Waals surface area contributed by atoms with Crippen LogP contribution in [0.5, 0.6) is 0 Å². The van der Waals surface area contributed by atoms with Gasteiger partial charge in [-0.1, -0.05) is 4.49 Å². The fraction of sp³-hybridized carbons (Fsp3) is 0.400. The summed E-state index contributed by atoms with van der Waals surface area (Å²) in [6.07, 6.45) is -1.38. The summed E-state index contributed by atoms with van der Waals surface area (Å²) in [5.74, 6) is -1.18. The van der Waals surface area contributed by atoms with Crippen LogP contribution in [0.15, 0.2) is 0 Å². The molecule has 0 aliphatic heterocycles. The number of aromatic nitrogens is 2. The van der Waals surface area contributed by atoms with Gasteiger partial charge in [-0.15, -0.1) is 5.10 Å². The molecule has 1 aromatic rings. The summed E-state index contributed by atoms with van der Waals surface area (Å²) in [7, 11) is 0. The number of aromatic carboxylic acids is 1. The van der Waals surface area contributed by atoms with Crippen molar-refractivity contribution in [3.63, 3.8) is 0 Å². The molecule has 0 aliphatic rings. The fourth-order valence-electron chi connectivity index (χ4n) is 0.606. The maximum absolute atomic E-state index is 12.5. The van der Waals surface area contributed by atoms with Gasteiger partial charge in [-0.05, 0) is 18.5 Å². The molecular formula is C5H5FN2O2S. The molecule has 0 aromatic carbocycles. The number of nitrogens with zero attached hydrogens (tertiary/aromatic N) is 2. The summed E-state index contributed by atoms with van der Waals surface area (Å²) in [5, 5.41) is 11.8. The highest BCUT2D eigenvalue weighted by atomic mass is 32.1. The van der Waals surface area contributed by atoms with Gasteiger partial charge < -0.3 is 5.11 Å². The van der Waals surface area contributed by atoms with Gasteiger partial charge >= 0.3 is 5.97 Å². The van der Waals surface area contributed by atoms with Crippen molar-refractivity contribution in [3.05, 3.63) is 10.6 Å². The number of carboxylic acids is 1. The lowest BCUT2D eigenvalue weighted by atomic mass is 10.3. The second kappa shape index (κ2) is 2.91. The van der Waals surface area contributed by atoms with Crippen molar-refractivity contribution >= 4 is 17.5 Å². The van der Waals surface area contributed by atoms with Crippen molar-refractivity contribution in [2.24, 2.45) is 0 Å². The van der Waals surface area contributed by atoms with Crippen molar-refractivity contribution in [3.8, 4) is 0 Å². The Morgan fingerprint density at radius 2 is 2.45 bits per heavy atom. The Hall–Kier alpha value is -1.04. The minimum atomic E-state index is -1.38. The second-order valence-corrected chi connectivity index (χ2v) is 2.66. The Morgan fingerprint density at radius 3 is 2.82 bits per heavy atom. The topological polar surface area (TPSA) is 63.1 Å². The largest absolute Gasteiger partial charge is 0.477 e. The number of alkyl halides is 1. The third-order valence-electron chi connectivity index (χ3n) is 1.08. The molecule has 0 amide bonds. The summed E-state index contributed by atoms with van der Waals surface area (Å²) in [6, 6.07) is 0. The van der Waals surface area contributed by atoms with Gasteiger partial charge in [0.1, 0.15) is 11.9 Å². The van der Waals surface area contributed by atoms with E-state index >= 15 is 0 Å². The fourth-order valence-corrected chi connectivity index (χ4v) is 1.19. The third kappa shape index (κ3) is 1.51. The van der Waals surface area contributed by atoms with Crippen LogP contribution in [0.2, 0.25) is 0 Å². The average Bonchev–Trinajstić information content (AvgIpc) is 2.32. The number of carboxylic acid groups (broad SMARTS) is 1. The molecule has 0 spiro atoms. The van der Waals surface area contributed by atoms with E-state index in [4.69, 9.17) is 5.11 Å². The van der Waals surface area contributed by atoms with Gasteiger partial charge in [0.2, 0.25) is 0 Å². The summed E-state index contributed by atoms with van der Waals surface area (Å²) >= 11 is 0.685. The summed E-state index contributed by atoms with van der Waals surface area (Å²) in [5.41, 5.74) is -0.0949. The van der Waals surface area contributed by atoms with Gasteiger partial charge in [0.05, 0.1) is 0 Å². The summed E-state index contributed by atoms with van der Waals surface area (Å²) in [4.78, 5) is 10.2. The number of halogens is 1. The molecule has 1 atom stereocenters. The quantitative estimate of drug-likeness (QED) is 0.736. The molecule has 1 rings (SSSR count). The summed E-state index contributed by atoms with van der Waals surface area (Å²) in [6.45, 7) is 1.23. The van der Waals surface area contributed by atoms with Crippen LogP contribution in [-0.2, 0) is 0 Å². The van der Waals surface area contributed by atoms with Gasteiger partial charge in [-0.2, -0.15) is 0 Å². The lowest BCUT2D eigenvalue weighted by Gasteiger charge is -1.94. The van der Waals surface area contributed by atoms with Gasteiger partial charge in [0.15, 0.2) is 4.88 Å². The minimum Gasteiger partial charge on any atom is -0.477 e. The van der Waals surface area contributed by atoms with Gasteiger partial charge in [0.25, 0.3) is 0 Å². The monoisotopic (exact) mass is 176 g/mol. The zero-order valence-corrected chi connectivity index (χ0v) is 6.43. The third-order valence-corrected chi connectivity index (χ3v) is 1.81. The molecule has 6 heteroatoms. The van der Waals surface area contributed by atoms with Crippen molar-refractivity contribution in [1.29, 1.82) is 0 Å². The van der Waals surface area contributed by atoms with Crippen LogP contribution in [0.1, 0.15) is 28.5 Å². The van der Waals surface area contributed by atoms with Crippen molar-refractivity contribution in [2.75, 3.05) is 0 Å². The molecular weight excluding hydrogens is 171 g/mol. The van der Waals surface area contributed by atoms with Crippen LogP contribution >= 0.6 is 11.5 Å². The molecule has 1 aromatic heterocycles. The maximum Gasteiger partial charge on any atom is 0.349 e. The van der Waals surface area contributed by atoms with E-state index in [1.807, 2.05) is 0 Å². The Labute approximate surface area is 65.8 Å². The van der Waals surface area contributed by atoms with Gasteiger partial charge in [-0.25, -0.2) is 9.18 Å². The van der Waals surface area contributed by atoms with Crippen molar-refractivity contribution < 1.29 is 14.3 Å². The first-order valence-electron chi connectivity index (χ1n) is 2.82. The lowest BCUT2D eigenvalue weighted by Crippen LogP contribution is -1.99. The molecule has 60 valence electrons. The number of hydrogen-bond donors (Lipinski definition) is 1. The van der Waals surface area contributed by atoms with Gasteiger partial charge in [-0.3, -0.25) is 0 Å². The standard InChI is InChI=1S/C5H5FN2O2S/c1-2(6)3-4(5(9)10)11-8-7-3/h2H,1H3,(H,9,10). The number of hydrogen-bond acceptors (Lipinski definition) is 4. The second-order valence-electron chi connectivity index (χ2n) is 1.91.